The van der Waals surface area contributed by atoms with Gasteiger partial charge in [-0.15, -0.1) is 4.90 Å². The van der Waals surface area contributed by atoms with Crippen LogP contribution in [0.25, 0.3) is 0 Å². The van der Waals surface area contributed by atoms with Gasteiger partial charge in [0.1, 0.15) is 0 Å². The van der Waals surface area contributed by atoms with E-state index in [2.05, 4.69) is 0 Å². The van der Waals surface area contributed by atoms with Crippen LogP contribution >= 0.6 is 0 Å². The van der Waals surface area contributed by atoms with Gasteiger partial charge in [-0.2, -0.15) is 83.4 Å². The van der Waals surface area contributed by atoms with Gasteiger partial charge in [0, 0.05) is 0 Å². The molecule has 0 amide bonds. The van der Waals surface area contributed by atoms with E-state index in [1.165, 1.54) is 0 Å². The molecule has 0 fully saturated rings. The first-order valence-electron chi connectivity index (χ1n) is 5.97. The molecule has 0 aliphatic heterocycles. The maximum Gasteiger partial charge on any atom is 0.461 e. The molecular weight excluding hydrogens is 499 g/mol. The van der Waals surface area contributed by atoms with Gasteiger partial charge in [-0.05, 0) is 0 Å². The fourth-order valence-corrected chi connectivity index (χ4v) is 1.41. The zero-order valence-corrected chi connectivity index (χ0v) is 12.5. The fraction of sp³-hybridized carbons (Fsp3) is 0.889. The first-order valence-corrected chi connectivity index (χ1v) is 5.97. The van der Waals surface area contributed by atoms with Crippen molar-refractivity contribution in [2.45, 2.75) is 48.3 Å². The molecule has 0 aliphatic carbocycles. The van der Waals surface area contributed by atoms with E-state index in [-0.39, 0.29) is 0 Å². The van der Waals surface area contributed by atoms with E-state index < -0.39 is 59.2 Å². The molecule has 0 aromatic carbocycles. The molecule has 0 heterocycles. The predicted molar refractivity (Wildman–Crippen MR) is 49.7 cm³/mol. The van der Waals surface area contributed by atoms with E-state index in [9.17, 15) is 88.2 Å². The van der Waals surface area contributed by atoms with Crippen molar-refractivity contribution in [3.63, 3.8) is 0 Å². The Bertz CT molecular complexity index is 618. The van der Waals surface area contributed by atoms with E-state index in [0.29, 0.717) is 0 Å². The Hall–Kier alpha value is -1.70. The van der Waals surface area contributed by atoms with Gasteiger partial charge in [0.25, 0.3) is 0 Å². The summed E-state index contributed by atoms with van der Waals surface area (Å²) in [5, 5.41) is 0. The summed E-state index contributed by atoms with van der Waals surface area (Å²) in [4.78, 5) is 4.53. The van der Waals surface area contributed by atoms with Crippen molar-refractivity contribution in [1.82, 2.24) is 4.90 Å². The molecule has 0 N–H and O–H groups in total. The molecule has 0 unspecified atom stereocenters. The highest BCUT2D eigenvalue weighted by Gasteiger charge is 2.90. The molecule has 0 saturated heterocycles. The van der Waals surface area contributed by atoms with Gasteiger partial charge in [-0.25, -0.2) is 0 Å². The molecule has 0 rings (SSSR count). The van der Waals surface area contributed by atoms with Crippen LogP contribution in [0.1, 0.15) is 0 Å². The van der Waals surface area contributed by atoms with Crippen molar-refractivity contribution in [2.24, 2.45) is 0 Å². The van der Waals surface area contributed by atoms with Crippen LogP contribution in [-0.2, 0) is 4.79 Å². The number of halogens is 19. The van der Waals surface area contributed by atoms with E-state index in [1.54, 1.807) is 0 Å². The van der Waals surface area contributed by atoms with Gasteiger partial charge in [0.2, 0.25) is 0 Å². The third-order valence-corrected chi connectivity index (χ3v) is 2.93. The minimum Gasteiger partial charge on any atom is -0.254 e. The molecule has 0 bridgehead atoms. The Morgan fingerprint density at radius 2 is 0.700 bits per heavy atom. The van der Waals surface area contributed by atoms with Gasteiger partial charge in [0.15, 0.2) is 0 Å². The predicted octanol–water partition coefficient (Wildman–Crippen LogP) is 5.59. The van der Waals surface area contributed by atoms with Crippen LogP contribution < -0.4 is 0 Å². The number of rotatable bonds is 7. The zero-order chi connectivity index (χ0) is 25.2. The molecule has 0 aliphatic rings. The Morgan fingerprint density at radius 3 is 0.867 bits per heavy atom. The van der Waals surface area contributed by atoms with Gasteiger partial charge in [0.05, 0.1) is 0 Å². The lowest BCUT2D eigenvalue weighted by atomic mass is 10.1. The molecule has 0 radical (unpaired) electrons. The van der Waals surface area contributed by atoms with Crippen molar-refractivity contribution < 1.29 is 88.2 Å². The molecule has 0 aromatic heterocycles. The number of carbonyl (C=O) groups excluding carboxylic acids is 1. The van der Waals surface area contributed by atoms with Crippen molar-refractivity contribution in [2.75, 3.05) is 0 Å². The first-order chi connectivity index (χ1) is 12.6. The van der Waals surface area contributed by atoms with Crippen molar-refractivity contribution in [3.05, 3.63) is 0 Å². The van der Waals surface area contributed by atoms with Gasteiger partial charge >= 0.3 is 54.3 Å². The lowest BCUT2D eigenvalue weighted by Gasteiger charge is -2.46. The van der Waals surface area contributed by atoms with E-state index >= 15 is 0 Å². The average molecular weight is 499 g/mol. The molecule has 180 valence electrons. The van der Waals surface area contributed by atoms with Crippen LogP contribution in [0.2, 0.25) is 0 Å². The Kier molecular flexibility index (Phi) is 6.51. The molecule has 21 heteroatoms. The van der Waals surface area contributed by atoms with Crippen molar-refractivity contribution in [1.29, 1.82) is 0 Å². The van der Waals surface area contributed by atoms with Crippen LogP contribution in [0.3, 0.4) is 0 Å². The Balaban J connectivity index is 7.43. The summed E-state index contributed by atoms with van der Waals surface area (Å²) in [5.41, 5.74) is 0. The third-order valence-electron chi connectivity index (χ3n) is 2.93. The van der Waals surface area contributed by atoms with E-state index in [4.69, 9.17) is 0 Å². The zero-order valence-electron chi connectivity index (χ0n) is 12.5. The standard InChI is InChI=1S/C9F19NO/c10-1(30)2(11,12)7(23,24)29(8(25,26)3(13,14)5(17,18)19)9(27,28)4(15,16)6(20,21)22. The number of hydrogen-bond acceptors (Lipinski definition) is 2. The summed E-state index contributed by atoms with van der Waals surface area (Å²) in [5.74, 6) is -24.8. The minimum absolute atomic E-state index is 5.06. The van der Waals surface area contributed by atoms with E-state index in [1.807, 2.05) is 0 Å². The fourth-order valence-electron chi connectivity index (χ4n) is 1.41. The average Bonchev–Trinajstić information content (AvgIpc) is 2.42. The summed E-state index contributed by atoms with van der Waals surface area (Å²) >= 11 is 0. The summed E-state index contributed by atoms with van der Waals surface area (Å²) in [6.07, 6.45) is -16.0. The number of carbonyl (C=O) groups is 1. The number of nitrogens with zero attached hydrogens (tertiary/aromatic N) is 1. The van der Waals surface area contributed by atoms with Gasteiger partial charge < -0.3 is 0 Å². The van der Waals surface area contributed by atoms with Crippen LogP contribution in [0, 0.1) is 0 Å². The SMILES string of the molecule is O=C(F)C(F)(F)C(F)(F)N(C(F)(F)C(F)(F)C(F)(F)F)C(F)(F)C(F)(F)C(F)(F)F. The van der Waals surface area contributed by atoms with Crippen molar-refractivity contribution >= 4 is 6.04 Å². The lowest BCUT2D eigenvalue weighted by molar-refractivity contribution is -0.505. The third kappa shape index (κ3) is 3.72. The van der Waals surface area contributed by atoms with Crippen LogP contribution in [0.4, 0.5) is 83.4 Å². The molecular formula is C9F19NO. The highest BCUT2D eigenvalue weighted by molar-refractivity contribution is 5.77. The van der Waals surface area contributed by atoms with Crippen LogP contribution in [0.15, 0.2) is 0 Å². The Morgan fingerprint density at radius 1 is 0.467 bits per heavy atom. The summed E-state index contributed by atoms with van der Waals surface area (Å²) in [6.45, 7) is 0. The molecule has 2 nitrogen and oxygen atoms in total. The quantitative estimate of drug-likeness (QED) is 0.259. The molecule has 30 heavy (non-hydrogen) atoms. The largest absolute Gasteiger partial charge is 0.461 e. The second-order valence-electron chi connectivity index (χ2n) is 4.95. The molecule has 0 atom stereocenters. The van der Waals surface area contributed by atoms with E-state index in [0.717, 1.165) is 0 Å². The van der Waals surface area contributed by atoms with Gasteiger partial charge in [-0.1, -0.05) is 0 Å². The second kappa shape index (κ2) is 6.90. The summed E-state index contributed by atoms with van der Waals surface area (Å²) in [6, 6.07) is -31.1. The second-order valence-corrected chi connectivity index (χ2v) is 4.95. The number of alkyl halides is 18. The summed E-state index contributed by atoms with van der Waals surface area (Å²) in [7, 11) is 0. The van der Waals surface area contributed by atoms with Crippen molar-refractivity contribution in [3.8, 4) is 0 Å². The first kappa shape index (κ1) is 28.3. The monoisotopic (exact) mass is 499 g/mol. The number of hydrogen-bond donors (Lipinski definition) is 0. The topological polar surface area (TPSA) is 20.3 Å². The highest BCUT2D eigenvalue weighted by Crippen LogP contribution is 2.60. The molecule has 0 spiro atoms. The normalized spacial score (nSPS) is 16.3. The van der Waals surface area contributed by atoms with Crippen LogP contribution in [0.5, 0.6) is 0 Å². The minimum atomic E-state index is -8.77. The Labute approximate surface area is 149 Å². The highest BCUT2D eigenvalue weighted by atomic mass is 19.4. The smallest absolute Gasteiger partial charge is 0.254 e. The molecule has 0 saturated carbocycles. The maximum absolute atomic E-state index is 13.3. The van der Waals surface area contributed by atoms with Crippen LogP contribution in [-0.4, -0.2) is 59.2 Å². The maximum atomic E-state index is 13.3. The summed E-state index contributed by atoms with van der Waals surface area (Å²) < 4.78 is 240. The molecule has 0 aromatic rings. The lowest BCUT2D eigenvalue weighted by Crippen LogP contribution is -2.78. The van der Waals surface area contributed by atoms with Gasteiger partial charge in [-0.3, -0.25) is 4.79 Å².